The molecule has 0 unspecified atom stereocenters. The molecule has 0 bridgehead atoms. The second-order valence-corrected chi connectivity index (χ2v) is 4.39. The van der Waals surface area contributed by atoms with E-state index in [-0.39, 0.29) is 6.42 Å². The molecule has 2 rings (SSSR count). The van der Waals surface area contributed by atoms with Crippen molar-refractivity contribution in [1.29, 1.82) is 0 Å². The highest BCUT2D eigenvalue weighted by Crippen LogP contribution is 2.36. The molecule has 1 aromatic heterocycles. The monoisotopic (exact) mass is 247 g/mol. The quantitative estimate of drug-likeness (QED) is 0.781. The average Bonchev–Trinajstić information content (AvgIpc) is 2.97. The number of imidazole rings is 1. The molecule has 96 valence electrons. The van der Waals surface area contributed by atoms with E-state index in [1.165, 1.54) is 12.8 Å². The average molecular weight is 247 g/mol. The molecule has 17 heavy (non-hydrogen) atoms. The molecule has 1 aliphatic carbocycles. The lowest BCUT2D eigenvalue weighted by atomic mass is 10.2. The number of rotatable bonds is 6. The Balaban J connectivity index is 1.66. The number of aromatic nitrogens is 2. The van der Waals surface area contributed by atoms with Crippen molar-refractivity contribution in [1.82, 2.24) is 9.55 Å². The minimum Gasteiger partial charge on any atom is -0.356 e. The molecule has 0 spiro atoms. The van der Waals surface area contributed by atoms with Crippen LogP contribution in [0.2, 0.25) is 0 Å². The smallest absolute Gasteiger partial charge is 0.356 e. The first-order valence-corrected chi connectivity index (χ1v) is 5.90. The molecule has 0 aromatic carbocycles. The van der Waals surface area contributed by atoms with Gasteiger partial charge in [-0.1, -0.05) is 0 Å². The molecular formula is C11H16F3N3. The van der Waals surface area contributed by atoms with Crippen LogP contribution in [0.1, 0.15) is 38.1 Å². The molecule has 0 atom stereocenters. The fraction of sp³-hybridized carbons (Fsp3) is 0.727. The first-order chi connectivity index (χ1) is 8.06. The van der Waals surface area contributed by atoms with Gasteiger partial charge in [-0.25, -0.2) is 4.98 Å². The summed E-state index contributed by atoms with van der Waals surface area (Å²) in [4.78, 5) is 4.15. The van der Waals surface area contributed by atoms with E-state index in [2.05, 4.69) is 14.9 Å². The van der Waals surface area contributed by atoms with Crippen LogP contribution in [0.5, 0.6) is 0 Å². The van der Waals surface area contributed by atoms with Crippen molar-refractivity contribution in [2.45, 2.75) is 44.3 Å². The number of nitrogens with zero attached hydrogens (tertiary/aromatic N) is 2. The van der Waals surface area contributed by atoms with Crippen LogP contribution in [0, 0.1) is 0 Å². The molecule has 6 heteroatoms. The van der Waals surface area contributed by atoms with Crippen LogP contribution in [0.4, 0.5) is 19.1 Å². The molecule has 0 radical (unpaired) electrons. The highest BCUT2D eigenvalue weighted by atomic mass is 19.4. The van der Waals surface area contributed by atoms with Crippen LogP contribution in [0.25, 0.3) is 0 Å². The maximum absolute atomic E-state index is 11.9. The molecule has 1 N–H and O–H groups in total. The van der Waals surface area contributed by atoms with Crippen molar-refractivity contribution >= 4 is 5.95 Å². The molecule has 1 heterocycles. The molecule has 0 aliphatic heterocycles. The Kier molecular flexibility index (Phi) is 3.59. The maximum Gasteiger partial charge on any atom is 0.389 e. The molecule has 1 aliphatic rings. The van der Waals surface area contributed by atoms with E-state index < -0.39 is 12.6 Å². The second-order valence-electron chi connectivity index (χ2n) is 4.39. The number of alkyl halides is 3. The molecule has 1 fully saturated rings. The Hall–Kier alpha value is -1.20. The van der Waals surface area contributed by atoms with Crippen molar-refractivity contribution in [2.75, 3.05) is 11.9 Å². The summed E-state index contributed by atoms with van der Waals surface area (Å²) in [5.41, 5.74) is 0. The maximum atomic E-state index is 11.9. The first kappa shape index (κ1) is 12.3. The molecule has 1 aromatic rings. The topological polar surface area (TPSA) is 29.9 Å². The van der Waals surface area contributed by atoms with Crippen molar-refractivity contribution in [3.05, 3.63) is 12.4 Å². The Morgan fingerprint density at radius 1 is 1.35 bits per heavy atom. The van der Waals surface area contributed by atoms with Gasteiger partial charge in [-0.15, -0.1) is 0 Å². The standard InChI is InChI=1S/C11H16F3N3/c12-11(13,14)5-1-2-6-15-10-16-7-8-17(10)9-3-4-9/h7-9H,1-6H2,(H,15,16). The van der Waals surface area contributed by atoms with Gasteiger partial charge in [0, 0.05) is 31.4 Å². The van der Waals surface area contributed by atoms with Gasteiger partial charge in [0.2, 0.25) is 5.95 Å². The summed E-state index contributed by atoms with van der Waals surface area (Å²) < 4.78 is 37.8. The Morgan fingerprint density at radius 3 is 2.76 bits per heavy atom. The third kappa shape index (κ3) is 3.94. The zero-order chi connectivity index (χ0) is 12.3. The van der Waals surface area contributed by atoms with E-state index in [0.29, 0.717) is 19.0 Å². The molecule has 0 amide bonds. The van der Waals surface area contributed by atoms with Crippen molar-refractivity contribution in [3.8, 4) is 0 Å². The van der Waals surface area contributed by atoms with Crippen LogP contribution < -0.4 is 5.32 Å². The highest BCUT2D eigenvalue weighted by Gasteiger charge is 2.26. The summed E-state index contributed by atoms with van der Waals surface area (Å²) in [5, 5.41) is 3.09. The fourth-order valence-corrected chi connectivity index (χ4v) is 1.75. The SMILES string of the molecule is FC(F)(F)CCCCNc1nccn1C1CC1. The summed E-state index contributed by atoms with van der Waals surface area (Å²) >= 11 is 0. The molecular weight excluding hydrogens is 231 g/mol. The third-order valence-electron chi connectivity index (χ3n) is 2.78. The minimum atomic E-state index is -4.04. The van der Waals surface area contributed by atoms with Gasteiger partial charge in [0.25, 0.3) is 0 Å². The van der Waals surface area contributed by atoms with E-state index in [1.807, 2.05) is 6.20 Å². The van der Waals surface area contributed by atoms with Gasteiger partial charge in [0.15, 0.2) is 0 Å². The van der Waals surface area contributed by atoms with Crippen molar-refractivity contribution < 1.29 is 13.2 Å². The molecule has 3 nitrogen and oxygen atoms in total. The van der Waals surface area contributed by atoms with Crippen LogP contribution in [0.15, 0.2) is 12.4 Å². The van der Waals surface area contributed by atoms with E-state index in [4.69, 9.17) is 0 Å². The number of nitrogens with one attached hydrogen (secondary N) is 1. The minimum absolute atomic E-state index is 0.167. The lowest BCUT2D eigenvalue weighted by Gasteiger charge is -2.09. The predicted octanol–water partition coefficient (Wildman–Crippen LogP) is 3.36. The van der Waals surface area contributed by atoms with Gasteiger partial charge in [0.1, 0.15) is 0 Å². The van der Waals surface area contributed by atoms with E-state index in [1.54, 1.807) is 6.20 Å². The van der Waals surface area contributed by atoms with Crippen LogP contribution in [0.3, 0.4) is 0 Å². The zero-order valence-corrected chi connectivity index (χ0v) is 9.50. The molecule has 1 saturated carbocycles. The van der Waals surface area contributed by atoms with Crippen LogP contribution >= 0.6 is 0 Å². The number of hydrogen-bond acceptors (Lipinski definition) is 2. The lowest BCUT2D eigenvalue weighted by molar-refractivity contribution is -0.135. The Labute approximate surface area is 98.0 Å². The largest absolute Gasteiger partial charge is 0.389 e. The van der Waals surface area contributed by atoms with Crippen molar-refractivity contribution in [3.63, 3.8) is 0 Å². The van der Waals surface area contributed by atoms with Gasteiger partial charge in [-0.05, 0) is 25.7 Å². The summed E-state index contributed by atoms with van der Waals surface area (Å²) in [7, 11) is 0. The van der Waals surface area contributed by atoms with Crippen molar-refractivity contribution in [2.24, 2.45) is 0 Å². The zero-order valence-electron chi connectivity index (χ0n) is 9.50. The van der Waals surface area contributed by atoms with E-state index >= 15 is 0 Å². The summed E-state index contributed by atoms with van der Waals surface area (Å²) in [5.74, 6) is 0.777. The lowest BCUT2D eigenvalue weighted by Crippen LogP contribution is -2.10. The Morgan fingerprint density at radius 2 is 2.12 bits per heavy atom. The molecule has 0 saturated heterocycles. The van der Waals surface area contributed by atoms with Gasteiger partial charge < -0.3 is 9.88 Å². The van der Waals surface area contributed by atoms with Crippen LogP contribution in [-0.2, 0) is 0 Å². The van der Waals surface area contributed by atoms with E-state index in [9.17, 15) is 13.2 Å². The van der Waals surface area contributed by atoms with E-state index in [0.717, 1.165) is 5.95 Å². The number of unbranched alkanes of at least 4 members (excludes halogenated alkanes) is 1. The number of hydrogen-bond donors (Lipinski definition) is 1. The first-order valence-electron chi connectivity index (χ1n) is 5.90. The third-order valence-corrected chi connectivity index (χ3v) is 2.78. The Bertz CT molecular complexity index is 355. The summed E-state index contributed by atoms with van der Waals surface area (Å²) in [6, 6.07) is 0.537. The normalized spacial score (nSPS) is 16.2. The summed E-state index contributed by atoms with van der Waals surface area (Å²) in [6.45, 7) is 0.541. The van der Waals surface area contributed by atoms with Gasteiger partial charge in [-0.2, -0.15) is 13.2 Å². The van der Waals surface area contributed by atoms with Crippen LogP contribution in [-0.4, -0.2) is 22.3 Å². The second kappa shape index (κ2) is 4.98. The van der Waals surface area contributed by atoms with Gasteiger partial charge in [0.05, 0.1) is 0 Å². The van der Waals surface area contributed by atoms with Gasteiger partial charge >= 0.3 is 6.18 Å². The number of anilines is 1. The predicted molar refractivity (Wildman–Crippen MR) is 58.9 cm³/mol. The summed E-state index contributed by atoms with van der Waals surface area (Å²) in [6.07, 6.45) is 1.90. The fourth-order valence-electron chi connectivity index (χ4n) is 1.75. The highest BCUT2D eigenvalue weighted by molar-refractivity contribution is 5.27. The van der Waals surface area contributed by atoms with Gasteiger partial charge in [-0.3, -0.25) is 0 Å². The number of halogens is 3.